The Balaban J connectivity index is 1.94. The lowest BCUT2D eigenvalue weighted by molar-refractivity contribution is -0.113. The van der Waals surface area contributed by atoms with Crippen molar-refractivity contribution >= 4 is 34.0 Å². The summed E-state index contributed by atoms with van der Waals surface area (Å²) in [5, 5.41) is 22.7. The molecule has 104 valence electrons. The number of nitrogens with zero attached hydrogens (tertiary/aromatic N) is 4. The fourth-order valence-corrected chi connectivity index (χ4v) is 3.22. The summed E-state index contributed by atoms with van der Waals surface area (Å²) in [5.74, 6) is 0.915. The highest BCUT2D eigenvalue weighted by atomic mass is 32.2. The number of thioether (sulfide) groups is 1. The quantitative estimate of drug-likeness (QED) is 0.857. The number of hydrogen-bond donors (Lipinski definition) is 1. The molecule has 0 aliphatic carbocycles. The number of hydrogen-bond acceptors (Lipinski definition) is 6. The molecular weight excluding hydrogens is 294 g/mol. The summed E-state index contributed by atoms with van der Waals surface area (Å²) < 4.78 is 1.95. The van der Waals surface area contributed by atoms with E-state index < -0.39 is 0 Å². The first-order valence-corrected chi connectivity index (χ1v) is 7.82. The minimum atomic E-state index is -0.155. The van der Waals surface area contributed by atoms with E-state index in [0.29, 0.717) is 10.6 Å². The molecule has 0 bridgehead atoms. The molecular formula is C12H13N5OS2. The molecule has 0 saturated heterocycles. The summed E-state index contributed by atoms with van der Waals surface area (Å²) >= 11 is 2.67. The van der Waals surface area contributed by atoms with Crippen LogP contribution in [0.1, 0.15) is 18.3 Å². The van der Waals surface area contributed by atoms with Crippen LogP contribution in [0.2, 0.25) is 0 Å². The Bertz CT molecular complexity index is 655. The predicted octanol–water partition coefficient (Wildman–Crippen LogP) is 2.27. The Labute approximate surface area is 124 Å². The van der Waals surface area contributed by atoms with Gasteiger partial charge in [-0.1, -0.05) is 11.8 Å². The topological polar surface area (TPSA) is 83.6 Å². The lowest BCUT2D eigenvalue weighted by Crippen LogP contribution is -2.14. The van der Waals surface area contributed by atoms with Gasteiger partial charge in [-0.2, -0.15) is 5.26 Å². The van der Waals surface area contributed by atoms with Gasteiger partial charge in [0.05, 0.1) is 11.3 Å². The van der Waals surface area contributed by atoms with Crippen LogP contribution in [0.4, 0.5) is 5.00 Å². The van der Waals surface area contributed by atoms with Crippen molar-refractivity contribution in [2.75, 3.05) is 11.1 Å². The van der Waals surface area contributed by atoms with Gasteiger partial charge in [0.1, 0.15) is 16.9 Å². The van der Waals surface area contributed by atoms with Gasteiger partial charge < -0.3 is 9.88 Å². The van der Waals surface area contributed by atoms with Crippen LogP contribution in [0, 0.1) is 18.3 Å². The Morgan fingerprint density at radius 1 is 1.60 bits per heavy atom. The van der Waals surface area contributed by atoms with Crippen molar-refractivity contribution in [1.82, 2.24) is 14.8 Å². The lowest BCUT2D eigenvalue weighted by atomic mass is 10.3. The molecule has 2 aromatic rings. The van der Waals surface area contributed by atoms with Gasteiger partial charge in [0.15, 0.2) is 5.16 Å². The summed E-state index contributed by atoms with van der Waals surface area (Å²) in [5.41, 5.74) is 0.487. The van der Waals surface area contributed by atoms with E-state index in [4.69, 9.17) is 5.26 Å². The highest BCUT2D eigenvalue weighted by molar-refractivity contribution is 7.99. The van der Waals surface area contributed by atoms with E-state index in [1.165, 1.54) is 23.1 Å². The van der Waals surface area contributed by atoms with E-state index in [0.717, 1.165) is 17.5 Å². The summed E-state index contributed by atoms with van der Waals surface area (Å²) in [6.45, 7) is 4.66. The second-order valence-corrected chi connectivity index (χ2v) is 5.74. The third kappa shape index (κ3) is 3.18. The zero-order valence-electron chi connectivity index (χ0n) is 11.1. The molecule has 20 heavy (non-hydrogen) atoms. The molecule has 0 aliphatic heterocycles. The number of rotatable bonds is 5. The number of aryl methyl sites for hydroxylation is 1. The number of anilines is 1. The van der Waals surface area contributed by atoms with Crippen LogP contribution in [-0.2, 0) is 11.3 Å². The largest absolute Gasteiger partial charge is 0.316 e. The number of thiophene rings is 1. The maximum atomic E-state index is 11.9. The number of amides is 1. The van der Waals surface area contributed by atoms with Crippen molar-refractivity contribution in [3.05, 3.63) is 22.8 Å². The minimum absolute atomic E-state index is 0.155. The second-order valence-electron chi connectivity index (χ2n) is 3.89. The van der Waals surface area contributed by atoms with E-state index in [-0.39, 0.29) is 11.7 Å². The van der Waals surface area contributed by atoms with Crippen LogP contribution in [0.3, 0.4) is 0 Å². The first-order chi connectivity index (χ1) is 9.65. The van der Waals surface area contributed by atoms with E-state index in [1.54, 1.807) is 11.4 Å². The lowest BCUT2D eigenvalue weighted by Gasteiger charge is -2.05. The highest BCUT2D eigenvalue weighted by Gasteiger charge is 2.12. The molecule has 0 radical (unpaired) electrons. The third-order valence-electron chi connectivity index (χ3n) is 2.59. The predicted molar refractivity (Wildman–Crippen MR) is 78.8 cm³/mol. The normalized spacial score (nSPS) is 10.2. The molecule has 0 saturated carbocycles. The molecule has 2 aromatic heterocycles. The standard InChI is InChI=1S/C12H13N5OS2/c1-3-17-8(2)15-16-12(17)20-7-10(18)14-11-9(6-13)4-5-19-11/h4-5H,3,7H2,1-2H3,(H,14,18). The van der Waals surface area contributed by atoms with Crippen molar-refractivity contribution in [2.45, 2.75) is 25.5 Å². The zero-order valence-corrected chi connectivity index (χ0v) is 12.7. The van der Waals surface area contributed by atoms with Crippen molar-refractivity contribution in [2.24, 2.45) is 0 Å². The molecule has 0 spiro atoms. The molecule has 6 nitrogen and oxygen atoms in total. The zero-order chi connectivity index (χ0) is 14.5. The van der Waals surface area contributed by atoms with Gasteiger partial charge in [-0.25, -0.2) is 0 Å². The summed E-state index contributed by atoms with van der Waals surface area (Å²) in [6, 6.07) is 3.72. The van der Waals surface area contributed by atoms with Crippen LogP contribution in [0.5, 0.6) is 0 Å². The Morgan fingerprint density at radius 2 is 2.40 bits per heavy atom. The molecule has 1 amide bonds. The summed E-state index contributed by atoms with van der Waals surface area (Å²) in [4.78, 5) is 11.9. The average Bonchev–Trinajstić information content (AvgIpc) is 3.02. The van der Waals surface area contributed by atoms with Gasteiger partial charge in [0.25, 0.3) is 0 Å². The van der Waals surface area contributed by atoms with Gasteiger partial charge >= 0.3 is 0 Å². The van der Waals surface area contributed by atoms with Gasteiger partial charge in [-0.15, -0.1) is 21.5 Å². The second kappa shape index (κ2) is 6.54. The summed E-state index contributed by atoms with van der Waals surface area (Å²) in [6.07, 6.45) is 0. The fraction of sp³-hybridized carbons (Fsp3) is 0.333. The van der Waals surface area contributed by atoms with Crippen molar-refractivity contribution < 1.29 is 4.79 Å². The van der Waals surface area contributed by atoms with Crippen LogP contribution in [0.25, 0.3) is 0 Å². The number of nitrogens with one attached hydrogen (secondary N) is 1. The smallest absolute Gasteiger partial charge is 0.235 e. The summed E-state index contributed by atoms with van der Waals surface area (Å²) in [7, 11) is 0. The molecule has 0 aliphatic rings. The first-order valence-electron chi connectivity index (χ1n) is 5.95. The van der Waals surface area contributed by atoms with Gasteiger partial charge in [-0.05, 0) is 25.3 Å². The number of carbonyl (C=O) groups excluding carboxylic acids is 1. The van der Waals surface area contributed by atoms with Gasteiger partial charge in [0, 0.05) is 6.54 Å². The molecule has 8 heteroatoms. The maximum Gasteiger partial charge on any atom is 0.235 e. The molecule has 0 aromatic carbocycles. The number of nitriles is 1. The monoisotopic (exact) mass is 307 g/mol. The molecule has 2 rings (SSSR count). The van der Waals surface area contributed by atoms with Crippen molar-refractivity contribution in [3.8, 4) is 6.07 Å². The Morgan fingerprint density at radius 3 is 3.10 bits per heavy atom. The average molecular weight is 307 g/mol. The molecule has 2 heterocycles. The SMILES string of the molecule is CCn1c(C)nnc1SCC(=O)Nc1sccc1C#N. The van der Waals surface area contributed by atoms with E-state index in [1.807, 2.05) is 24.5 Å². The molecule has 0 fully saturated rings. The maximum absolute atomic E-state index is 11.9. The molecule has 0 unspecified atom stereocenters. The first kappa shape index (κ1) is 14.6. The van der Waals surface area contributed by atoms with Crippen LogP contribution in [0.15, 0.2) is 16.6 Å². The molecule has 1 N–H and O–H groups in total. The van der Waals surface area contributed by atoms with E-state index in [2.05, 4.69) is 15.5 Å². The fourth-order valence-electron chi connectivity index (χ4n) is 1.62. The molecule has 0 atom stereocenters. The van der Waals surface area contributed by atoms with Gasteiger partial charge in [-0.3, -0.25) is 4.79 Å². The van der Waals surface area contributed by atoms with Gasteiger partial charge in [0.2, 0.25) is 5.91 Å². The van der Waals surface area contributed by atoms with Crippen LogP contribution >= 0.6 is 23.1 Å². The van der Waals surface area contributed by atoms with E-state index in [9.17, 15) is 4.79 Å². The van der Waals surface area contributed by atoms with Crippen LogP contribution < -0.4 is 5.32 Å². The van der Waals surface area contributed by atoms with Crippen LogP contribution in [-0.4, -0.2) is 26.4 Å². The van der Waals surface area contributed by atoms with Crippen molar-refractivity contribution in [3.63, 3.8) is 0 Å². The van der Waals surface area contributed by atoms with Crippen molar-refractivity contribution in [1.29, 1.82) is 5.26 Å². The number of carbonyl (C=O) groups is 1. The Hall–Kier alpha value is -1.85. The Kier molecular flexibility index (Phi) is 4.76. The highest BCUT2D eigenvalue weighted by Crippen LogP contribution is 2.23. The third-order valence-corrected chi connectivity index (χ3v) is 4.39. The minimum Gasteiger partial charge on any atom is -0.316 e. The number of aromatic nitrogens is 3. The van der Waals surface area contributed by atoms with E-state index >= 15 is 0 Å².